The quantitative estimate of drug-likeness (QED) is 0.903. The molecule has 1 aromatic heterocycles. The number of aryl methyl sites for hydroxylation is 1. The predicted molar refractivity (Wildman–Crippen MR) is 80.1 cm³/mol. The van der Waals surface area contributed by atoms with E-state index in [2.05, 4.69) is 10.4 Å². The number of piperidine rings is 1. The van der Waals surface area contributed by atoms with E-state index in [9.17, 15) is 4.79 Å². The van der Waals surface area contributed by atoms with E-state index in [1.54, 1.807) is 6.07 Å². The van der Waals surface area contributed by atoms with Crippen LogP contribution in [0.25, 0.3) is 0 Å². The van der Waals surface area contributed by atoms with Gasteiger partial charge in [0.25, 0.3) is 5.91 Å². The maximum Gasteiger partial charge on any atom is 0.284 e. The Morgan fingerprint density at radius 3 is 2.81 bits per heavy atom. The van der Waals surface area contributed by atoms with Crippen LogP contribution in [0.1, 0.15) is 48.2 Å². The average Bonchev–Trinajstić information content (AvgIpc) is 3.31. The van der Waals surface area contributed by atoms with E-state index in [1.165, 1.54) is 19.3 Å². The van der Waals surface area contributed by atoms with Gasteiger partial charge in [-0.1, -0.05) is 12.5 Å². The van der Waals surface area contributed by atoms with Crippen LogP contribution >= 0.6 is 0 Å². The van der Waals surface area contributed by atoms with Crippen molar-refractivity contribution in [3.63, 3.8) is 0 Å². The van der Waals surface area contributed by atoms with Crippen molar-refractivity contribution in [1.29, 1.82) is 0 Å². The third-order valence-electron chi connectivity index (χ3n) is 4.05. The molecule has 114 valence electrons. The van der Waals surface area contributed by atoms with Crippen molar-refractivity contribution in [3.8, 4) is 5.88 Å². The molecule has 5 nitrogen and oxygen atoms in total. The van der Waals surface area contributed by atoms with Crippen LogP contribution in [-0.4, -0.2) is 35.6 Å². The van der Waals surface area contributed by atoms with Crippen LogP contribution in [0.4, 0.5) is 0 Å². The Labute approximate surface area is 125 Å². The third-order valence-corrected chi connectivity index (χ3v) is 4.05. The highest BCUT2D eigenvalue weighted by Crippen LogP contribution is 2.29. The fourth-order valence-electron chi connectivity index (χ4n) is 2.47. The molecule has 0 radical (unpaired) electrons. The summed E-state index contributed by atoms with van der Waals surface area (Å²) in [5.74, 6) is 1.12. The van der Waals surface area contributed by atoms with Gasteiger partial charge in [-0.15, -0.1) is 0 Å². The van der Waals surface area contributed by atoms with Gasteiger partial charge in [0.15, 0.2) is 0 Å². The topological polar surface area (TPSA) is 54.5 Å². The van der Waals surface area contributed by atoms with Gasteiger partial charge in [0.1, 0.15) is 5.69 Å². The molecule has 0 atom stereocenters. The fourth-order valence-corrected chi connectivity index (χ4v) is 2.47. The number of aromatic nitrogens is 1. The average molecular weight is 289 g/mol. The lowest BCUT2D eigenvalue weighted by atomic mass is 10.2. The zero-order valence-electron chi connectivity index (χ0n) is 12.6. The lowest BCUT2D eigenvalue weighted by Crippen LogP contribution is -2.45. The molecule has 0 spiro atoms. The first-order chi connectivity index (χ1) is 10.2. The number of hydrogen-bond acceptors (Lipinski definition) is 4. The molecule has 3 rings (SSSR count). The Bertz CT molecular complexity index is 508. The minimum absolute atomic E-state index is 0.145. The number of hydrazine groups is 1. The molecule has 1 amide bonds. The normalized spacial score (nSPS) is 19.3. The van der Waals surface area contributed by atoms with Gasteiger partial charge in [-0.2, -0.15) is 0 Å². The molecule has 1 aliphatic carbocycles. The van der Waals surface area contributed by atoms with Crippen molar-refractivity contribution in [2.75, 3.05) is 19.7 Å². The summed E-state index contributed by atoms with van der Waals surface area (Å²) in [5.41, 5.74) is 4.34. The Kier molecular flexibility index (Phi) is 4.39. The maximum atomic E-state index is 12.3. The van der Waals surface area contributed by atoms with Gasteiger partial charge >= 0.3 is 0 Å². The largest absolute Gasteiger partial charge is 0.477 e. The first-order valence-electron chi connectivity index (χ1n) is 7.89. The summed E-state index contributed by atoms with van der Waals surface area (Å²) in [6.45, 7) is 4.51. The number of ether oxygens (including phenoxy) is 1. The summed E-state index contributed by atoms with van der Waals surface area (Å²) >= 11 is 0. The minimum atomic E-state index is -0.145. The second kappa shape index (κ2) is 6.43. The van der Waals surface area contributed by atoms with Crippen LogP contribution in [0.3, 0.4) is 0 Å². The van der Waals surface area contributed by atoms with Crippen LogP contribution < -0.4 is 10.2 Å². The number of nitrogens with one attached hydrogen (secondary N) is 1. The number of hydrogen-bond donors (Lipinski definition) is 1. The van der Waals surface area contributed by atoms with Crippen LogP contribution in [0.15, 0.2) is 12.1 Å². The van der Waals surface area contributed by atoms with Crippen LogP contribution in [0, 0.1) is 12.8 Å². The van der Waals surface area contributed by atoms with Gasteiger partial charge < -0.3 is 4.74 Å². The monoisotopic (exact) mass is 289 g/mol. The van der Waals surface area contributed by atoms with Crippen molar-refractivity contribution in [2.24, 2.45) is 5.92 Å². The number of carbonyl (C=O) groups excluding carboxylic acids is 1. The molecule has 0 bridgehead atoms. The summed E-state index contributed by atoms with van der Waals surface area (Å²) in [4.78, 5) is 16.6. The first kappa shape index (κ1) is 14.3. The van der Waals surface area contributed by atoms with E-state index in [-0.39, 0.29) is 5.91 Å². The zero-order chi connectivity index (χ0) is 14.7. The second-order valence-electron chi connectivity index (χ2n) is 6.06. The van der Waals surface area contributed by atoms with Gasteiger partial charge in [-0.25, -0.2) is 9.99 Å². The Balaban J connectivity index is 1.62. The molecule has 2 heterocycles. The molecule has 2 fully saturated rings. The third kappa shape index (κ3) is 3.94. The molecule has 1 saturated heterocycles. The van der Waals surface area contributed by atoms with Crippen molar-refractivity contribution < 1.29 is 9.53 Å². The van der Waals surface area contributed by atoms with Crippen molar-refractivity contribution in [3.05, 3.63) is 23.4 Å². The SMILES string of the molecule is Cc1ccc(C(=O)NN2CCCCC2)nc1OCC1CC1. The van der Waals surface area contributed by atoms with Crippen LogP contribution in [-0.2, 0) is 0 Å². The molecule has 2 aliphatic rings. The smallest absolute Gasteiger partial charge is 0.284 e. The van der Waals surface area contributed by atoms with Crippen molar-refractivity contribution in [2.45, 2.75) is 39.0 Å². The van der Waals surface area contributed by atoms with Crippen LogP contribution in [0.5, 0.6) is 5.88 Å². The molecule has 1 aliphatic heterocycles. The molecular weight excluding hydrogens is 266 g/mol. The first-order valence-corrected chi connectivity index (χ1v) is 7.89. The fraction of sp³-hybridized carbons (Fsp3) is 0.625. The van der Waals surface area contributed by atoms with Gasteiger partial charge in [-0.3, -0.25) is 10.2 Å². The second-order valence-corrected chi connectivity index (χ2v) is 6.06. The van der Waals surface area contributed by atoms with Gasteiger partial charge in [0, 0.05) is 18.7 Å². The molecule has 21 heavy (non-hydrogen) atoms. The predicted octanol–water partition coefficient (Wildman–Crippen LogP) is 2.31. The van der Waals surface area contributed by atoms with E-state index in [0.29, 0.717) is 24.1 Å². The van der Waals surface area contributed by atoms with Gasteiger partial charge in [-0.05, 0) is 44.6 Å². The van der Waals surface area contributed by atoms with Gasteiger partial charge in [0.05, 0.1) is 6.61 Å². The highest BCUT2D eigenvalue weighted by Gasteiger charge is 2.23. The molecule has 1 N–H and O–H groups in total. The van der Waals surface area contributed by atoms with Crippen molar-refractivity contribution in [1.82, 2.24) is 15.4 Å². The number of amides is 1. The highest BCUT2D eigenvalue weighted by molar-refractivity contribution is 5.92. The highest BCUT2D eigenvalue weighted by atomic mass is 16.5. The maximum absolute atomic E-state index is 12.3. The van der Waals surface area contributed by atoms with Crippen LogP contribution in [0.2, 0.25) is 0 Å². The summed E-state index contributed by atoms with van der Waals surface area (Å²) in [6, 6.07) is 3.67. The van der Waals surface area contributed by atoms with E-state index >= 15 is 0 Å². The number of carbonyl (C=O) groups is 1. The van der Waals surface area contributed by atoms with E-state index in [0.717, 1.165) is 31.5 Å². The summed E-state index contributed by atoms with van der Waals surface area (Å²) in [5, 5.41) is 1.98. The van der Waals surface area contributed by atoms with E-state index in [4.69, 9.17) is 4.74 Å². The molecule has 5 heteroatoms. The van der Waals surface area contributed by atoms with Crippen molar-refractivity contribution >= 4 is 5.91 Å². The number of rotatable bonds is 5. The standard InChI is InChI=1S/C16H23N3O2/c1-12-5-8-14(17-16(12)21-11-13-6-7-13)15(20)18-19-9-3-2-4-10-19/h5,8,13H,2-4,6-7,9-11H2,1H3,(H,18,20). The Morgan fingerprint density at radius 2 is 2.10 bits per heavy atom. The summed E-state index contributed by atoms with van der Waals surface area (Å²) < 4.78 is 5.74. The molecule has 1 saturated carbocycles. The summed E-state index contributed by atoms with van der Waals surface area (Å²) in [7, 11) is 0. The lowest BCUT2D eigenvalue weighted by Gasteiger charge is -2.26. The summed E-state index contributed by atoms with van der Waals surface area (Å²) in [6.07, 6.45) is 6.01. The minimum Gasteiger partial charge on any atom is -0.477 e. The Morgan fingerprint density at radius 1 is 1.33 bits per heavy atom. The van der Waals surface area contributed by atoms with E-state index in [1.807, 2.05) is 18.0 Å². The molecule has 0 aromatic carbocycles. The number of nitrogens with zero attached hydrogens (tertiary/aromatic N) is 2. The Hall–Kier alpha value is -1.62. The van der Waals surface area contributed by atoms with E-state index < -0.39 is 0 Å². The molecule has 0 unspecified atom stereocenters. The molecular formula is C16H23N3O2. The number of pyridine rings is 1. The molecule has 1 aromatic rings. The zero-order valence-corrected chi connectivity index (χ0v) is 12.6. The lowest BCUT2D eigenvalue weighted by molar-refractivity contribution is 0.0743. The van der Waals surface area contributed by atoms with Gasteiger partial charge in [0.2, 0.25) is 5.88 Å².